The minimum atomic E-state index is -1.17. The summed E-state index contributed by atoms with van der Waals surface area (Å²) in [5, 5.41) is 23.0. The van der Waals surface area contributed by atoms with Crippen LogP contribution in [0.5, 0.6) is 0 Å². The molecule has 0 aliphatic carbocycles. The summed E-state index contributed by atoms with van der Waals surface area (Å²) in [7, 11) is 0. The third-order valence-electron chi connectivity index (χ3n) is 8.97. The number of urea groups is 1. The molecule has 0 unspecified atom stereocenters. The van der Waals surface area contributed by atoms with Crippen LogP contribution in [-0.2, 0) is 51.1 Å². The van der Waals surface area contributed by atoms with Gasteiger partial charge < -0.3 is 41.2 Å². The predicted octanol–water partition coefficient (Wildman–Crippen LogP) is 4.10. The van der Waals surface area contributed by atoms with Gasteiger partial charge in [-0.25, -0.2) is 14.4 Å². The van der Waals surface area contributed by atoms with Crippen LogP contribution in [0.25, 0.3) is 0 Å². The Labute approximate surface area is 341 Å². The Morgan fingerprint density at radius 2 is 1.14 bits per heavy atom. The fourth-order valence-corrected chi connectivity index (χ4v) is 5.88. The third-order valence-corrected chi connectivity index (χ3v) is 8.97. The van der Waals surface area contributed by atoms with Crippen molar-refractivity contribution in [3.8, 4) is 0 Å². The van der Waals surface area contributed by atoms with E-state index in [-0.39, 0.29) is 68.3 Å². The van der Waals surface area contributed by atoms with E-state index in [2.05, 4.69) is 26.6 Å². The van der Waals surface area contributed by atoms with Crippen molar-refractivity contribution in [1.29, 1.82) is 0 Å². The first-order valence-electron chi connectivity index (χ1n) is 19.9. The molecule has 2 aromatic carbocycles. The van der Waals surface area contributed by atoms with E-state index >= 15 is 0 Å². The second-order valence-electron chi connectivity index (χ2n) is 15.4. The normalized spacial score (nSPS) is 13.1. The highest BCUT2D eigenvalue weighted by atomic mass is 16.6. The first-order chi connectivity index (χ1) is 27.4. The van der Waals surface area contributed by atoms with Crippen molar-refractivity contribution in [2.45, 2.75) is 141 Å². The quantitative estimate of drug-likeness (QED) is 0.0590. The SMILES string of the molecule is CC(=O)CC[C@H](NC(=O)N[C@@H](CCC(=O)NCCCCCCCC(=O)N[C@@H](Cc1ccccc1)C(=O)N[C@@H](Cc1ccccc1)C(=O)O)C(=O)OC(C)(C)C)C(C)=O. The molecule has 6 N–H and O–H groups in total. The topological polar surface area (TPSA) is 226 Å². The van der Waals surface area contributed by atoms with Crippen molar-refractivity contribution in [1.82, 2.24) is 26.6 Å². The summed E-state index contributed by atoms with van der Waals surface area (Å²) in [6.07, 6.45) is 4.13. The molecule has 58 heavy (non-hydrogen) atoms. The average Bonchev–Trinajstić information content (AvgIpc) is 3.15. The maximum Gasteiger partial charge on any atom is 0.329 e. The van der Waals surface area contributed by atoms with Gasteiger partial charge in [0, 0.05) is 38.6 Å². The van der Waals surface area contributed by atoms with Crippen molar-refractivity contribution in [2.24, 2.45) is 0 Å². The number of Topliss-reactive ketones (excluding diaryl/α,β-unsaturated/α-hetero) is 2. The van der Waals surface area contributed by atoms with E-state index in [1.165, 1.54) is 13.8 Å². The predicted molar refractivity (Wildman–Crippen MR) is 217 cm³/mol. The number of carboxylic acid groups (broad SMARTS) is 1. The lowest BCUT2D eigenvalue weighted by atomic mass is 10.0. The van der Waals surface area contributed by atoms with Crippen LogP contribution in [0.2, 0.25) is 0 Å². The zero-order chi connectivity index (χ0) is 43.1. The Morgan fingerprint density at radius 3 is 1.69 bits per heavy atom. The van der Waals surface area contributed by atoms with Gasteiger partial charge in [-0.15, -0.1) is 0 Å². The van der Waals surface area contributed by atoms with Gasteiger partial charge in [-0.2, -0.15) is 0 Å². The monoisotopic (exact) mass is 807 g/mol. The molecule has 2 rings (SSSR count). The van der Waals surface area contributed by atoms with Crippen LogP contribution in [0.15, 0.2) is 60.7 Å². The van der Waals surface area contributed by atoms with Gasteiger partial charge >= 0.3 is 18.0 Å². The number of benzene rings is 2. The molecule has 0 saturated heterocycles. The largest absolute Gasteiger partial charge is 0.480 e. The Kier molecular flexibility index (Phi) is 21.4. The number of hydrogen-bond donors (Lipinski definition) is 6. The second-order valence-corrected chi connectivity index (χ2v) is 15.4. The van der Waals surface area contributed by atoms with E-state index in [4.69, 9.17) is 4.74 Å². The molecule has 4 atom stereocenters. The van der Waals surface area contributed by atoms with Crippen LogP contribution < -0.4 is 26.6 Å². The van der Waals surface area contributed by atoms with Crippen molar-refractivity contribution in [3.05, 3.63) is 71.8 Å². The number of unbranched alkanes of at least 4 members (excludes halogenated alkanes) is 4. The molecule has 0 radical (unpaired) electrons. The number of carboxylic acids is 1. The van der Waals surface area contributed by atoms with E-state index in [0.717, 1.165) is 30.4 Å². The van der Waals surface area contributed by atoms with Gasteiger partial charge in [0.25, 0.3) is 0 Å². The van der Waals surface area contributed by atoms with Crippen LogP contribution in [0.4, 0.5) is 4.79 Å². The first kappa shape index (κ1) is 48.5. The van der Waals surface area contributed by atoms with Crippen LogP contribution >= 0.6 is 0 Å². The lowest BCUT2D eigenvalue weighted by Gasteiger charge is -2.25. The molecule has 318 valence electrons. The Morgan fingerprint density at radius 1 is 0.603 bits per heavy atom. The summed E-state index contributed by atoms with van der Waals surface area (Å²) in [4.78, 5) is 99.8. The Balaban J connectivity index is 1.79. The second kappa shape index (κ2) is 25.6. The van der Waals surface area contributed by atoms with Crippen molar-refractivity contribution < 1.29 is 48.2 Å². The van der Waals surface area contributed by atoms with Crippen LogP contribution in [0, 0.1) is 0 Å². The third kappa shape index (κ3) is 21.1. The number of ether oxygens (including phenoxy) is 1. The fourth-order valence-electron chi connectivity index (χ4n) is 5.88. The molecule has 2 aromatic rings. The molecule has 15 heteroatoms. The van der Waals surface area contributed by atoms with E-state index in [1.807, 2.05) is 36.4 Å². The number of hydrogen-bond acceptors (Lipinski definition) is 9. The highest BCUT2D eigenvalue weighted by molar-refractivity contribution is 5.91. The lowest BCUT2D eigenvalue weighted by molar-refractivity contribution is -0.157. The van der Waals surface area contributed by atoms with E-state index < -0.39 is 53.6 Å². The molecular weight excluding hydrogens is 746 g/mol. The zero-order valence-corrected chi connectivity index (χ0v) is 34.4. The summed E-state index contributed by atoms with van der Waals surface area (Å²) >= 11 is 0. The van der Waals surface area contributed by atoms with Gasteiger partial charge in [-0.3, -0.25) is 19.2 Å². The number of nitrogens with one attached hydrogen (secondary N) is 5. The molecule has 0 fully saturated rings. The summed E-state index contributed by atoms with van der Waals surface area (Å²) in [5.74, 6) is -3.59. The minimum absolute atomic E-state index is 0.0455. The van der Waals surface area contributed by atoms with Crippen molar-refractivity contribution in [2.75, 3.05) is 6.54 Å². The lowest BCUT2D eigenvalue weighted by Crippen LogP contribution is -2.53. The molecule has 0 saturated carbocycles. The zero-order valence-electron chi connectivity index (χ0n) is 34.4. The van der Waals surface area contributed by atoms with Crippen molar-refractivity contribution >= 4 is 47.3 Å². The van der Waals surface area contributed by atoms with E-state index in [0.29, 0.717) is 19.4 Å². The van der Waals surface area contributed by atoms with Gasteiger partial charge in [-0.1, -0.05) is 79.9 Å². The first-order valence-corrected chi connectivity index (χ1v) is 19.9. The number of aliphatic carboxylic acids is 1. The highest BCUT2D eigenvalue weighted by Gasteiger charge is 2.29. The van der Waals surface area contributed by atoms with E-state index in [9.17, 15) is 43.5 Å². The number of esters is 1. The Hall–Kier alpha value is -5.60. The molecule has 0 aliphatic heterocycles. The van der Waals surface area contributed by atoms with Crippen LogP contribution in [0.1, 0.15) is 110 Å². The summed E-state index contributed by atoms with van der Waals surface area (Å²) in [6, 6.07) is 13.1. The molecule has 15 nitrogen and oxygen atoms in total. The van der Waals surface area contributed by atoms with Gasteiger partial charge in [0.05, 0.1) is 6.04 Å². The number of ketones is 2. The van der Waals surface area contributed by atoms with Crippen molar-refractivity contribution in [3.63, 3.8) is 0 Å². The molecule has 5 amide bonds. The summed E-state index contributed by atoms with van der Waals surface area (Å²) in [5.41, 5.74) is 0.724. The maximum absolute atomic E-state index is 13.3. The van der Waals surface area contributed by atoms with Gasteiger partial charge in [0.2, 0.25) is 17.7 Å². The van der Waals surface area contributed by atoms with Gasteiger partial charge in [0.15, 0.2) is 5.78 Å². The Bertz CT molecular complexity index is 1660. The number of carbonyl (C=O) groups is 8. The fraction of sp³-hybridized carbons (Fsp3) is 0.535. The minimum Gasteiger partial charge on any atom is -0.480 e. The number of carbonyl (C=O) groups excluding carboxylic acids is 7. The van der Waals surface area contributed by atoms with Crippen LogP contribution in [-0.4, -0.2) is 88.7 Å². The smallest absolute Gasteiger partial charge is 0.329 e. The molecule has 0 spiro atoms. The molecular formula is C43H61N5O10. The molecule has 0 heterocycles. The summed E-state index contributed by atoms with van der Waals surface area (Å²) < 4.78 is 5.43. The van der Waals surface area contributed by atoms with Gasteiger partial charge in [-0.05, 0) is 71.4 Å². The average molecular weight is 808 g/mol. The summed E-state index contributed by atoms with van der Waals surface area (Å²) in [6.45, 7) is 8.09. The molecule has 0 aromatic heterocycles. The molecule has 0 bridgehead atoms. The van der Waals surface area contributed by atoms with Crippen LogP contribution in [0.3, 0.4) is 0 Å². The van der Waals surface area contributed by atoms with E-state index in [1.54, 1.807) is 45.0 Å². The maximum atomic E-state index is 13.3. The van der Waals surface area contributed by atoms with Gasteiger partial charge in [0.1, 0.15) is 29.5 Å². The number of amides is 5. The standard InChI is InChI=1S/C43H61N5O10/c1-29(49)22-23-33(30(2)50)47-42(57)48-34(41(56)58-43(3,4)5)24-25-37(51)44-26-16-8-6-7-15-21-38(52)45-35(27-31-17-11-9-12-18-31)39(53)46-36(40(54)55)28-32-19-13-10-14-20-32/h9-14,17-20,33-36H,6-8,15-16,21-28H2,1-5H3,(H,44,51)(H,45,52)(H,46,53)(H,54,55)(H2,47,48,57)/t33-,34-,35-,36-/m0/s1. The highest BCUT2D eigenvalue weighted by Crippen LogP contribution is 2.12. The molecule has 0 aliphatic rings. The number of rotatable bonds is 26.